The maximum Gasteiger partial charge on any atom is 0.341 e. The van der Waals surface area contributed by atoms with Crippen LogP contribution in [0.15, 0.2) is 18.3 Å². The van der Waals surface area contributed by atoms with Crippen molar-refractivity contribution < 1.29 is 19.4 Å². The van der Waals surface area contributed by atoms with Crippen LogP contribution in [-0.2, 0) is 9.53 Å². The standard InChI is InChI=1S/C14H18N2O4/c1-20-14(19)11-5-2-6-15-13(11)16-7-3-4-10(9-16)8-12(17)18/h2,5-6,10H,3-4,7-9H2,1H3,(H,17,18). The van der Waals surface area contributed by atoms with Crippen molar-refractivity contribution in [1.82, 2.24) is 4.98 Å². The highest BCUT2D eigenvalue weighted by Gasteiger charge is 2.26. The molecule has 0 aromatic carbocycles. The third-order valence-electron chi connectivity index (χ3n) is 3.47. The Morgan fingerprint density at radius 1 is 1.55 bits per heavy atom. The van der Waals surface area contributed by atoms with E-state index in [0.29, 0.717) is 17.9 Å². The van der Waals surface area contributed by atoms with Gasteiger partial charge in [0.15, 0.2) is 0 Å². The van der Waals surface area contributed by atoms with Crippen LogP contribution < -0.4 is 4.90 Å². The predicted octanol–water partition coefficient (Wildman–Crippen LogP) is 1.56. The summed E-state index contributed by atoms with van der Waals surface area (Å²) < 4.78 is 4.76. The minimum atomic E-state index is -0.786. The van der Waals surface area contributed by atoms with Crippen molar-refractivity contribution >= 4 is 17.8 Å². The van der Waals surface area contributed by atoms with Crippen LogP contribution in [0.25, 0.3) is 0 Å². The molecule has 0 bridgehead atoms. The summed E-state index contributed by atoms with van der Waals surface area (Å²) in [6.45, 7) is 1.38. The highest BCUT2D eigenvalue weighted by atomic mass is 16.5. The Bertz CT molecular complexity index is 504. The van der Waals surface area contributed by atoms with E-state index in [2.05, 4.69) is 4.98 Å². The van der Waals surface area contributed by atoms with Gasteiger partial charge in [-0.2, -0.15) is 0 Å². The molecule has 0 radical (unpaired) electrons. The number of carboxylic acids is 1. The zero-order chi connectivity index (χ0) is 14.5. The van der Waals surface area contributed by atoms with Crippen LogP contribution in [-0.4, -0.2) is 42.2 Å². The molecule has 0 amide bonds. The van der Waals surface area contributed by atoms with Gasteiger partial charge < -0.3 is 14.7 Å². The second kappa shape index (κ2) is 6.36. The molecule has 1 aromatic rings. The number of rotatable bonds is 4. The Morgan fingerprint density at radius 2 is 2.35 bits per heavy atom. The molecule has 0 spiro atoms. The Morgan fingerprint density at radius 3 is 3.05 bits per heavy atom. The van der Waals surface area contributed by atoms with Gasteiger partial charge in [0.2, 0.25) is 0 Å². The first kappa shape index (κ1) is 14.3. The van der Waals surface area contributed by atoms with Crippen LogP contribution in [0, 0.1) is 5.92 Å². The molecule has 1 N–H and O–H groups in total. The van der Waals surface area contributed by atoms with Gasteiger partial charge in [-0.05, 0) is 30.9 Å². The second-order valence-corrected chi connectivity index (χ2v) is 4.92. The molecule has 2 rings (SSSR count). The number of anilines is 1. The fraction of sp³-hybridized carbons (Fsp3) is 0.500. The lowest BCUT2D eigenvalue weighted by Crippen LogP contribution is -2.37. The van der Waals surface area contributed by atoms with Gasteiger partial charge in [-0.15, -0.1) is 0 Å². The van der Waals surface area contributed by atoms with Crippen LogP contribution >= 0.6 is 0 Å². The number of aliphatic carboxylic acids is 1. The average Bonchev–Trinajstić information content (AvgIpc) is 2.46. The molecule has 6 nitrogen and oxygen atoms in total. The molecular formula is C14H18N2O4. The molecule has 1 atom stereocenters. The number of carbonyl (C=O) groups excluding carboxylic acids is 1. The lowest BCUT2D eigenvalue weighted by molar-refractivity contribution is -0.138. The van der Waals surface area contributed by atoms with E-state index >= 15 is 0 Å². The quantitative estimate of drug-likeness (QED) is 0.842. The molecule has 2 heterocycles. The lowest BCUT2D eigenvalue weighted by Gasteiger charge is -2.33. The van der Waals surface area contributed by atoms with Crippen LogP contribution in [0.4, 0.5) is 5.82 Å². The van der Waals surface area contributed by atoms with Gasteiger partial charge in [0.05, 0.1) is 7.11 Å². The maximum absolute atomic E-state index is 11.8. The van der Waals surface area contributed by atoms with Crippen molar-refractivity contribution in [3.05, 3.63) is 23.9 Å². The number of pyridine rings is 1. The van der Waals surface area contributed by atoms with E-state index in [9.17, 15) is 9.59 Å². The Kier molecular flexibility index (Phi) is 4.55. The summed E-state index contributed by atoms with van der Waals surface area (Å²) in [7, 11) is 1.34. The number of methoxy groups -OCH3 is 1. The first-order valence-electron chi connectivity index (χ1n) is 6.62. The smallest absolute Gasteiger partial charge is 0.341 e. The van der Waals surface area contributed by atoms with Crippen molar-refractivity contribution in [2.45, 2.75) is 19.3 Å². The van der Waals surface area contributed by atoms with Crippen molar-refractivity contribution in [3.8, 4) is 0 Å². The van der Waals surface area contributed by atoms with E-state index in [1.165, 1.54) is 7.11 Å². The zero-order valence-electron chi connectivity index (χ0n) is 11.4. The number of esters is 1. The fourth-order valence-electron chi connectivity index (χ4n) is 2.59. The number of nitrogens with zero attached hydrogens (tertiary/aromatic N) is 2. The normalized spacial score (nSPS) is 18.6. The fourth-order valence-corrected chi connectivity index (χ4v) is 2.59. The molecule has 108 valence electrons. The number of carboxylic acid groups (broad SMARTS) is 1. The second-order valence-electron chi connectivity index (χ2n) is 4.92. The van der Waals surface area contributed by atoms with Crippen molar-refractivity contribution in [2.75, 3.05) is 25.1 Å². The third-order valence-corrected chi connectivity index (χ3v) is 3.47. The molecule has 1 unspecified atom stereocenters. The first-order valence-corrected chi connectivity index (χ1v) is 6.62. The van der Waals surface area contributed by atoms with E-state index in [1.807, 2.05) is 4.90 Å². The minimum Gasteiger partial charge on any atom is -0.481 e. The molecule has 0 saturated carbocycles. The van der Waals surface area contributed by atoms with Crippen molar-refractivity contribution in [3.63, 3.8) is 0 Å². The van der Waals surface area contributed by atoms with Crippen LogP contribution in [0.2, 0.25) is 0 Å². The van der Waals surface area contributed by atoms with Crippen molar-refractivity contribution in [2.24, 2.45) is 5.92 Å². The lowest BCUT2D eigenvalue weighted by atomic mass is 9.94. The van der Waals surface area contributed by atoms with E-state index in [4.69, 9.17) is 9.84 Å². The Hall–Kier alpha value is -2.11. The zero-order valence-corrected chi connectivity index (χ0v) is 11.4. The van der Waals surface area contributed by atoms with Gasteiger partial charge in [0, 0.05) is 25.7 Å². The molecule has 0 aliphatic carbocycles. The molecule has 1 fully saturated rings. The monoisotopic (exact) mass is 278 g/mol. The van der Waals surface area contributed by atoms with E-state index in [1.54, 1.807) is 18.3 Å². The molecule has 1 saturated heterocycles. The Balaban J connectivity index is 2.18. The molecule has 20 heavy (non-hydrogen) atoms. The molecule has 1 aromatic heterocycles. The maximum atomic E-state index is 11.8. The first-order chi connectivity index (χ1) is 9.61. The summed E-state index contributed by atoms with van der Waals surface area (Å²) in [5.74, 6) is -0.539. The highest BCUT2D eigenvalue weighted by Crippen LogP contribution is 2.26. The number of aromatic nitrogens is 1. The summed E-state index contributed by atoms with van der Waals surface area (Å²) >= 11 is 0. The van der Waals surface area contributed by atoms with Gasteiger partial charge in [-0.25, -0.2) is 9.78 Å². The van der Waals surface area contributed by atoms with E-state index in [-0.39, 0.29) is 12.3 Å². The topological polar surface area (TPSA) is 79.7 Å². The van der Waals surface area contributed by atoms with E-state index < -0.39 is 11.9 Å². The van der Waals surface area contributed by atoms with Crippen LogP contribution in [0.1, 0.15) is 29.6 Å². The van der Waals surface area contributed by atoms with Crippen molar-refractivity contribution in [1.29, 1.82) is 0 Å². The Labute approximate surface area is 117 Å². The summed E-state index contributed by atoms with van der Waals surface area (Å²) in [4.78, 5) is 28.8. The highest BCUT2D eigenvalue weighted by molar-refractivity contribution is 5.94. The summed E-state index contributed by atoms with van der Waals surface area (Å²) in [5.41, 5.74) is 0.422. The van der Waals surface area contributed by atoms with Crippen LogP contribution in [0.3, 0.4) is 0 Å². The summed E-state index contributed by atoms with van der Waals surface area (Å²) in [6.07, 6.45) is 3.57. The third kappa shape index (κ3) is 3.26. The van der Waals surface area contributed by atoms with Gasteiger partial charge in [-0.3, -0.25) is 4.79 Å². The molecule has 1 aliphatic heterocycles. The van der Waals surface area contributed by atoms with Gasteiger partial charge in [0.1, 0.15) is 11.4 Å². The predicted molar refractivity (Wildman–Crippen MR) is 72.8 cm³/mol. The molecular weight excluding hydrogens is 260 g/mol. The number of hydrogen-bond donors (Lipinski definition) is 1. The number of hydrogen-bond acceptors (Lipinski definition) is 5. The number of carbonyl (C=O) groups is 2. The SMILES string of the molecule is COC(=O)c1cccnc1N1CCCC(CC(=O)O)C1. The van der Waals surface area contributed by atoms with Gasteiger partial charge >= 0.3 is 11.9 Å². The molecule has 1 aliphatic rings. The van der Waals surface area contributed by atoms with Gasteiger partial charge in [-0.1, -0.05) is 0 Å². The van der Waals surface area contributed by atoms with E-state index in [0.717, 1.165) is 19.4 Å². The largest absolute Gasteiger partial charge is 0.481 e. The van der Waals surface area contributed by atoms with Gasteiger partial charge in [0.25, 0.3) is 0 Å². The summed E-state index contributed by atoms with van der Waals surface area (Å²) in [6, 6.07) is 3.36. The minimum absolute atomic E-state index is 0.0914. The number of piperidine rings is 1. The molecule has 6 heteroatoms. The number of ether oxygens (including phenoxy) is 1. The summed E-state index contributed by atoms with van der Waals surface area (Å²) in [5, 5.41) is 8.90. The van der Waals surface area contributed by atoms with Crippen LogP contribution in [0.5, 0.6) is 0 Å². The average molecular weight is 278 g/mol.